The summed E-state index contributed by atoms with van der Waals surface area (Å²) >= 11 is 0. The van der Waals surface area contributed by atoms with E-state index < -0.39 is 0 Å². The summed E-state index contributed by atoms with van der Waals surface area (Å²) in [6.45, 7) is 9.52. The molecule has 0 bridgehead atoms. The molecule has 2 heterocycles. The molecule has 0 radical (unpaired) electrons. The molecule has 2 aliphatic heterocycles. The van der Waals surface area contributed by atoms with Crippen molar-refractivity contribution in [3.63, 3.8) is 0 Å². The summed E-state index contributed by atoms with van der Waals surface area (Å²) < 4.78 is 5.66. The summed E-state index contributed by atoms with van der Waals surface area (Å²) in [5.74, 6) is 2.65. The minimum absolute atomic E-state index is 0. The molecule has 3 rings (SSSR count). The van der Waals surface area contributed by atoms with E-state index in [-0.39, 0.29) is 29.4 Å². The van der Waals surface area contributed by atoms with Gasteiger partial charge in [-0.15, -0.1) is 24.0 Å². The summed E-state index contributed by atoms with van der Waals surface area (Å²) in [6, 6.07) is 10.9. The van der Waals surface area contributed by atoms with Crippen molar-refractivity contribution in [1.29, 1.82) is 0 Å². The van der Waals surface area contributed by atoms with E-state index in [0.717, 1.165) is 63.5 Å². The molecule has 4 nitrogen and oxygen atoms in total. The van der Waals surface area contributed by atoms with Crippen LogP contribution in [0, 0.1) is 11.8 Å². The molecule has 27 heavy (non-hydrogen) atoms. The second-order valence-electron chi connectivity index (χ2n) is 8.39. The molecular formula is C22H36IN3O. The number of likely N-dealkylation sites (tertiary alicyclic amines) is 1. The first-order chi connectivity index (χ1) is 12.6. The lowest BCUT2D eigenvalue weighted by atomic mass is 9.74. The van der Waals surface area contributed by atoms with Gasteiger partial charge in [-0.25, -0.2) is 0 Å². The maximum atomic E-state index is 5.66. The molecule has 1 atom stereocenters. The van der Waals surface area contributed by atoms with E-state index in [0.29, 0.717) is 0 Å². The van der Waals surface area contributed by atoms with Crippen molar-refractivity contribution in [1.82, 2.24) is 10.2 Å². The molecule has 1 unspecified atom stereocenters. The molecule has 1 aromatic rings. The van der Waals surface area contributed by atoms with Gasteiger partial charge in [0.15, 0.2) is 5.96 Å². The first kappa shape index (κ1) is 22.5. The zero-order valence-corrected chi connectivity index (χ0v) is 19.4. The second-order valence-corrected chi connectivity index (χ2v) is 8.39. The number of aliphatic imine (C=N–C) groups is 1. The molecular weight excluding hydrogens is 449 g/mol. The number of nitrogens with one attached hydrogen (secondary N) is 1. The molecule has 2 fully saturated rings. The molecule has 1 aromatic carbocycles. The van der Waals surface area contributed by atoms with Gasteiger partial charge in [0.1, 0.15) is 0 Å². The number of halogens is 1. The van der Waals surface area contributed by atoms with Crippen LogP contribution in [0.15, 0.2) is 35.3 Å². The van der Waals surface area contributed by atoms with Gasteiger partial charge in [-0.2, -0.15) is 0 Å². The van der Waals surface area contributed by atoms with Crippen LogP contribution in [0.2, 0.25) is 0 Å². The maximum absolute atomic E-state index is 5.66. The van der Waals surface area contributed by atoms with Crippen molar-refractivity contribution in [2.45, 2.75) is 44.9 Å². The van der Waals surface area contributed by atoms with E-state index in [4.69, 9.17) is 4.74 Å². The first-order valence-electron chi connectivity index (χ1n) is 10.2. The number of guanidine groups is 1. The molecule has 0 spiro atoms. The Labute approximate surface area is 182 Å². The quantitative estimate of drug-likeness (QED) is 0.384. The second kappa shape index (κ2) is 10.6. The Morgan fingerprint density at radius 1 is 1.26 bits per heavy atom. The Hall–Kier alpha value is -0.820. The van der Waals surface area contributed by atoms with E-state index >= 15 is 0 Å². The van der Waals surface area contributed by atoms with Gasteiger partial charge in [0.2, 0.25) is 0 Å². The monoisotopic (exact) mass is 485 g/mol. The summed E-state index contributed by atoms with van der Waals surface area (Å²) in [7, 11) is 1.91. The zero-order chi connectivity index (χ0) is 18.4. The predicted molar refractivity (Wildman–Crippen MR) is 124 cm³/mol. The van der Waals surface area contributed by atoms with Gasteiger partial charge in [-0.05, 0) is 43.1 Å². The topological polar surface area (TPSA) is 36.9 Å². The normalized spacial score (nSPS) is 22.6. The molecule has 1 N–H and O–H groups in total. The molecule has 2 aliphatic rings. The predicted octanol–water partition coefficient (Wildman–Crippen LogP) is 4.30. The van der Waals surface area contributed by atoms with Gasteiger partial charge in [0.05, 0.1) is 0 Å². The third-order valence-electron chi connectivity index (χ3n) is 6.02. The van der Waals surface area contributed by atoms with Gasteiger partial charge >= 0.3 is 0 Å². The van der Waals surface area contributed by atoms with Gasteiger partial charge in [0.25, 0.3) is 0 Å². The summed E-state index contributed by atoms with van der Waals surface area (Å²) in [4.78, 5) is 7.04. The fraction of sp³-hybridized carbons (Fsp3) is 0.682. The number of hydrogen-bond acceptors (Lipinski definition) is 2. The van der Waals surface area contributed by atoms with Crippen molar-refractivity contribution in [2.24, 2.45) is 16.8 Å². The molecule has 0 aromatic heterocycles. The average molecular weight is 485 g/mol. The number of ether oxygens (including phenoxy) is 1. The van der Waals surface area contributed by atoms with Gasteiger partial charge in [0, 0.05) is 45.3 Å². The third-order valence-corrected chi connectivity index (χ3v) is 6.02. The average Bonchev–Trinajstić information content (AvgIpc) is 3.11. The summed E-state index contributed by atoms with van der Waals surface area (Å²) in [5.41, 5.74) is 1.57. The first-order valence-corrected chi connectivity index (χ1v) is 10.2. The van der Waals surface area contributed by atoms with Crippen LogP contribution < -0.4 is 5.32 Å². The van der Waals surface area contributed by atoms with Crippen LogP contribution in [0.1, 0.15) is 45.1 Å². The molecule has 5 heteroatoms. The standard InChI is InChI=1S/C22H35N3O.HI/c1-18(2)15-19-9-12-25(16-19)21(23-3)24-17-22(10-13-26-14-11-22)20-7-5-4-6-8-20;/h4-8,18-19H,9-17H2,1-3H3,(H,23,24);1H. The number of rotatable bonds is 5. The largest absolute Gasteiger partial charge is 0.381 e. The zero-order valence-electron chi connectivity index (χ0n) is 17.1. The smallest absolute Gasteiger partial charge is 0.193 e. The Balaban J connectivity index is 0.00000261. The molecule has 0 saturated carbocycles. The molecule has 0 aliphatic carbocycles. The highest BCUT2D eigenvalue weighted by Crippen LogP contribution is 2.34. The lowest BCUT2D eigenvalue weighted by Gasteiger charge is -2.39. The number of benzene rings is 1. The van der Waals surface area contributed by atoms with E-state index in [1.165, 1.54) is 18.4 Å². The van der Waals surface area contributed by atoms with E-state index in [9.17, 15) is 0 Å². The van der Waals surface area contributed by atoms with Crippen LogP contribution in [-0.4, -0.2) is 50.8 Å². The molecule has 2 saturated heterocycles. The van der Waals surface area contributed by atoms with Crippen LogP contribution in [0.4, 0.5) is 0 Å². The van der Waals surface area contributed by atoms with Gasteiger partial charge in [-0.1, -0.05) is 44.2 Å². The van der Waals surface area contributed by atoms with Crippen molar-refractivity contribution in [2.75, 3.05) is 39.9 Å². The highest BCUT2D eigenvalue weighted by atomic mass is 127. The summed E-state index contributed by atoms with van der Waals surface area (Å²) in [5, 5.41) is 3.71. The third kappa shape index (κ3) is 5.83. The van der Waals surface area contributed by atoms with Gasteiger partial charge in [-0.3, -0.25) is 4.99 Å². The lowest BCUT2D eigenvalue weighted by molar-refractivity contribution is 0.0512. The van der Waals surface area contributed by atoms with Crippen molar-refractivity contribution < 1.29 is 4.74 Å². The van der Waals surface area contributed by atoms with Crippen LogP contribution in [0.5, 0.6) is 0 Å². The van der Waals surface area contributed by atoms with Crippen molar-refractivity contribution >= 4 is 29.9 Å². The highest BCUT2D eigenvalue weighted by molar-refractivity contribution is 14.0. The fourth-order valence-corrected chi connectivity index (χ4v) is 4.59. The number of hydrogen-bond donors (Lipinski definition) is 1. The Morgan fingerprint density at radius 3 is 2.59 bits per heavy atom. The van der Waals surface area contributed by atoms with E-state index in [2.05, 4.69) is 59.4 Å². The minimum atomic E-state index is 0. The lowest BCUT2D eigenvalue weighted by Crippen LogP contribution is -2.48. The number of nitrogens with zero attached hydrogens (tertiary/aromatic N) is 2. The molecule has 0 amide bonds. The van der Waals surface area contributed by atoms with Crippen LogP contribution in [0.25, 0.3) is 0 Å². The Kier molecular flexibility index (Phi) is 8.86. The van der Waals surface area contributed by atoms with Crippen molar-refractivity contribution in [3.05, 3.63) is 35.9 Å². The Bertz CT molecular complexity index is 584. The van der Waals surface area contributed by atoms with Crippen LogP contribution in [0.3, 0.4) is 0 Å². The van der Waals surface area contributed by atoms with Crippen molar-refractivity contribution in [3.8, 4) is 0 Å². The Morgan fingerprint density at radius 2 is 1.96 bits per heavy atom. The van der Waals surface area contributed by atoms with E-state index in [1.54, 1.807) is 0 Å². The fourth-order valence-electron chi connectivity index (χ4n) is 4.59. The maximum Gasteiger partial charge on any atom is 0.193 e. The SMILES string of the molecule is CN=C(NCC1(c2ccccc2)CCOCC1)N1CCC(CC(C)C)C1.I. The van der Waals surface area contributed by atoms with Crippen LogP contribution in [-0.2, 0) is 10.2 Å². The summed E-state index contributed by atoms with van der Waals surface area (Å²) in [6.07, 6.45) is 4.74. The van der Waals surface area contributed by atoms with Crippen LogP contribution >= 0.6 is 24.0 Å². The van der Waals surface area contributed by atoms with E-state index in [1.807, 2.05) is 7.05 Å². The highest BCUT2D eigenvalue weighted by Gasteiger charge is 2.35. The minimum Gasteiger partial charge on any atom is -0.381 e. The van der Waals surface area contributed by atoms with Gasteiger partial charge < -0.3 is 15.0 Å². The molecule has 152 valence electrons.